The minimum Gasteiger partial charge on any atom is -0.0734 e. The number of hydrogen-bond donors (Lipinski definition) is 0. The number of benzene rings is 1. The highest BCUT2D eigenvalue weighted by atomic mass is 28.3. The molecule has 0 saturated carbocycles. The Morgan fingerprint density at radius 1 is 0.952 bits per heavy atom. The molecule has 2 aliphatic heterocycles. The molecule has 2 unspecified atom stereocenters. The van der Waals surface area contributed by atoms with Gasteiger partial charge in [-0.3, -0.25) is 0 Å². The van der Waals surface area contributed by atoms with E-state index in [1.807, 2.05) is 0 Å². The van der Waals surface area contributed by atoms with E-state index in [0.717, 1.165) is 18.3 Å². The molecule has 1 aromatic rings. The fourth-order valence-electron chi connectivity index (χ4n) is 4.78. The first kappa shape index (κ1) is 15.4. The van der Waals surface area contributed by atoms with E-state index in [2.05, 4.69) is 43.9 Å². The molecule has 3 rings (SSSR count). The van der Waals surface area contributed by atoms with Crippen LogP contribution in [0.5, 0.6) is 0 Å². The van der Waals surface area contributed by atoms with Gasteiger partial charge in [0.25, 0.3) is 0 Å². The molecule has 0 radical (unpaired) electrons. The Balaban J connectivity index is 1.49. The quantitative estimate of drug-likeness (QED) is 0.640. The Bertz CT molecular complexity index is 443. The van der Waals surface area contributed by atoms with Gasteiger partial charge >= 0.3 is 0 Å². The first-order chi connectivity index (χ1) is 10.0. The molecule has 2 fully saturated rings. The Hall–Kier alpha value is -0.498. The van der Waals surface area contributed by atoms with E-state index in [1.54, 1.807) is 23.6 Å². The van der Waals surface area contributed by atoms with E-state index in [1.165, 1.54) is 38.4 Å². The van der Waals surface area contributed by atoms with Crippen LogP contribution in [0.1, 0.15) is 44.1 Å². The van der Waals surface area contributed by atoms with Gasteiger partial charge in [-0.25, -0.2) is 0 Å². The third-order valence-electron chi connectivity index (χ3n) is 6.09. The van der Waals surface area contributed by atoms with Crippen LogP contribution in [0.15, 0.2) is 24.3 Å². The van der Waals surface area contributed by atoms with Gasteiger partial charge in [-0.2, -0.15) is 0 Å². The highest BCUT2D eigenvalue weighted by Crippen LogP contribution is 2.50. The van der Waals surface area contributed by atoms with Crippen molar-refractivity contribution in [3.05, 3.63) is 29.8 Å². The van der Waals surface area contributed by atoms with Crippen LogP contribution in [0.2, 0.25) is 37.6 Å². The van der Waals surface area contributed by atoms with Crippen LogP contribution >= 0.6 is 0 Å². The van der Waals surface area contributed by atoms with Gasteiger partial charge in [-0.15, -0.1) is 0 Å². The standard InChI is InChI=1S/C19H31BSi/c1-21(2,3)19-13-9-16(10-14-19)6-5-15-20-17-7-4-8-18(20)12-11-17/h9-10,13-14,17-18H,4-8,11-12,15H2,1-3H3. The average Bonchev–Trinajstić information content (AvgIpc) is 2.68. The highest BCUT2D eigenvalue weighted by molar-refractivity contribution is 6.88. The molecular formula is C19H31BSi. The van der Waals surface area contributed by atoms with Crippen molar-refractivity contribution >= 4 is 20.0 Å². The smallest absolute Gasteiger partial charge is 0.0734 e. The lowest BCUT2D eigenvalue weighted by Gasteiger charge is -2.27. The molecule has 2 bridgehead atoms. The molecule has 0 aliphatic carbocycles. The van der Waals surface area contributed by atoms with E-state index in [4.69, 9.17) is 0 Å². The summed E-state index contributed by atoms with van der Waals surface area (Å²) in [5.41, 5.74) is 1.56. The van der Waals surface area contributed by atoms with Crippen LogP contribution in [-0.4, -0.2) is 14.8 Å². The predicted molar refractivity (Wildman–Crippen MR) is 98.9 cm³/mol. The number of aryl methyl sites for hydroxylation is 1. The number of rotatable bonds is 5. The van der Waals surface area contributed by atoms with Crippen LogP contribution in [-0.2, 0) is 6.42 Å². The molecule has 1 aromatic carbocycles. The van der Waals surface area contributed by atoms with Gasteiger partial charge < -0.3 is 0 Å². The first-order valence-corrected chi connectivity index (χ1v) is 12.6. The zero-order valence-corrected chi connectivity index (χ0v) is 15.2. The van der Waals surface area contributed by atoms with Crippen molar-refractivity contribution in [2.24, 2.45) is 0 Å². The third kappa shape index (κ3) is 3.64. The maximum atomic E-state index is 2.43. The van der Waals surface area contributed by atoms with Crippen molar-refractivity contribution in [3.63, 3.8) is 0 Å². The first-order valence-electron chi connectivity index (χ1n) is 9.13. The second-order valence-corrected chi connectivity index (χ2v) is 13.6. The summed E-state index contributed by atoms with van der Waals surface area (Å²) in [5, 5.41) is 1.59. The molecule has 2 heterocycles. The Labute approximate surface area is 132 Å². The second kappa shape index (κ2) is 6.32. The molecule has 0 N–H and O–H groups in total. The topological polar surface area (TPSA) is 0 Å². The summed E-state index contributed by atoms with van der Waals surface area (Å²) < 4.78 is 0. The molecule has 0 spiro atoms. The van der Waals surface area contributed by atoms with Gasteiger partial charge in [0.1, 0.15) is 6.71 Å². The lowest BCUT2D eigenvalue weighted by Crippen LogP contribution is -2.37. The molecule has 114 valence electrons. The molecule has 2 heteroatoms. The lowest BCUT2D eigenvalue weighted by molar-refractivity contribution is 0.633. The maximum absolute atomic E-state index is 2.43. The van der Waals surface area contributed by atoms with Gasteiger partial charge in [0.15, 0.2) is 0 Å². The van der Waals surface area contributed by atoms with Gasteiger partial charge in [0, 0.05) is 0 Å². The van der Waals surface area contributed by atoms with Gasteiger partial charge in [0.2, 0.25) is 0 Å². The minimum atomic E-state index is -1.12. The SMILES string of the molecule is C[Si](C)(C)c1ccc(CCCB2C3CCCC2CC3)cc1. The Kier molecular flexibility index (Phi) is 4.63. The van der Waals surface area contributed by atoms with Crippen molar-refractivity contribution in [3.8, 4) is 0 Å². The van der Waals surface area contributed by atoms with E-state index >= 15 is 0 Å². The fraction of sp³-hybridized carbons (Fsp3) is 0.684. The molecule has 0 nitrogen and oxygen atoms in total. The zero-order valence-electron chi connectivity index (χ0n) is 14.2. The van der Waals surface area contributed by atoms with E-state index in [9.17, 15) is 0 Å². The summed E-state index contributed by atoms with van der Waals surface area (Å²) >= 11 is 0. The van der Waals surface area contributed by atoms with Gasteiger partial charge in [0.05, 0.1) is 8.07 Å². The molecular weight excluding hydrogens is 267 g/mol. The molecule has 0 aromatic heterocycles. The summed E-state index contributed by atoms with van der Waals surface area (Å²) in [6, 6.07) is 9.57. The normalized spacial score (nSPS) is 25.4. The van der Waals surface area contributed by atoms with Crippen molar-refractivity contribution in [2.75, 3.05) is 0 Å². The number of fused-ring (bicyclic) bond motifs is 2. The number of hydrogen-bond acceptors (Lipinski definition) is 0. The molecule has 2 atom stereocenters. The third-order valence-corrected chi connectivity index (χ3v) is 8.16. The van der Waals surface area contributed by atoms with Gasteiger partial charge in [-0.1, -0.05) is 106 Å². The average molecular weight is 298 g/mol. The predicted octanol–water partition coefficient (Wildman–Crippen LogP) is 5.38. The summed E-state index contributed by atoms with van der Waals surface area (Å²) in [7, 11) is -1.12. The highest BCUT2D eigenvalue weighted by Gasteiger charge is 2.40. The van der Waals surface area contributed by atoms with Gasteiger partial charge in [-0.05, 0) is 12.0 Å². The molecule has 0 amide bonds. The summed E-state index contributed by atoms with van der Waals surface area (Å²) in [6.07, 6.45) is 11.9. The Morgan fingerprint density at radius 2 is 1.57 bits per heavy atom. The molecule has 2 saturated heterocycles. The lowest BCUT2D eigenvalue weighted by atomic mass is 9.32. The summed E-state index contributed by atoms with van der Waals surface area (Å²) in [4.78, 5) is 0. The minimum absolute atomic E-state index is 1.08. The fourth-order valence-corrected chi connectivity index (χ4v) is 5.95. The van der Waals surface area contributed by atoms with Crippen LogP contribution in [0.4, 0.5) is 0 Å². The largest absolute Gasteiger partial charge is 0.146 e. The van der Waals surface area contributed by atoms with E-state index in [-0.39, 0.29) is 0 Å². The molecule has 21 heavy (non-hydrogen) atoms. The monoisotopic (exact) mass is 298 g/mol. The zero-order chi connectivity index (χ0) is 14.9. The van der Waals surface area contributed by atoms with Crippen LogP contribution in [0.25, 0.3) is 0 Å². The van der Waals surface area contributed by atoms with Crippen molar-refractivity contribution < 1.29 is 0 Å². The van der Waals surface area contributed by atoms with E-state index < -0.39 is 8.07 Å². The maximum Gasteiger partial charge on any atom is 0.146 e. The molecule has 2 aliphatic rings. The van der Waals surface area contributed by atoms with Crippen LogP contribution in [0, 0.1) is 0 Å². The van der Waals surface area contributed by atoms with Crippen molar-refractivity contribution in [1.82, 2.24) is 0 Å². The van der Waals surface area contributed by atoms with Crippen molar-refractivity contribution in [2.45, 2.75) is 82.5 Å². The van der Waals surface area contributed by atoms with Crippen molar-refractivity contribution in [1.29, 1.82) is 0 Å². The summed E-state index contributed by atoms with van der Waals surface area (Å²) in [6.45, 7) is 8.38. The van der Waals surface area contributed by atoms with E-state index in [0.29, 0.717) is 0 Å². The second-order valence-electron chi connectivity index (χ2n) is 8.53. The van der Waals surface area contributed by atoms with Crippen LogP contribution < -0.4 is 5.19 Å². The Morgan fingerprint density at radius 3 is 2.14 bits per heavy atom. The van der Waals surface area contributed by atoms with Crippen LogP contribution in [0.3, 0.4) is 0 Å². The summed E-state index contributed by atoms with van der Waals surface area (Å²) in [5.74, 6) is 2.19.